The zero-order valence-electron chi connectivity index (χ0n) is 19.6. The van der Waals surface area contributed by atoms with Gasteiger partial charge >= 0.3 is 12.1 Å². The molecular formula is C26H30F4O3. The Balaban J connectivity index is 2.24. The maximum Gasteiger partial charge on any atom is 0.417 e. The number of hydrogen-bond donors (Lipinski definition) is 0. The standard InChI is InChI=1S/C26H30F4O3/c1-16-11-17(2)13-19(12-16)14-18(15-23(32)33-25(3,4)5)9-10-22(31)24-20(26(28,29)30)7-6-8-21(24)27/h6-8,11-13,18H,9-10,14-15H2,1-5H3. The number of esters is 1. The van der Waals surface area contributed by atoms with Crippen LogP contribution in [-0.2, 0) is 22.1 Å². The van der Waals surface area contributed by atoms with Crippen molar-refractivity contribution in [3.8, 4) is 0 Å². The summed E-state index contributed by atoms with van der Waals surface area (Å²) in [5.74, 6) is -2.94. The number of rotatable bonds is 8. The Hall–Kier alpha value is -2.70. The molecule has 0 fully saturated rings. The molecule has 7 heteroatoms. The Bertz CT molecular complexity index is 983. The van der Waals surface area contributed by atoms with Crippen LogP contribution in [-0.4, -0.2) is 17.4 Å². The lowest BCUT2D eigenvalue weighted by Gasteiger charge is -2.23. The third-order valence-corrected chi connectivity index (χ3v) is 5.06. The van der Waals surface area contributed by atoms with Gasteiger partial charge < -0.3 is 4.74 Å². The molecule has 0 aliphatic carbocycles. The van der Waals surface area contributed by atoms with E-state index in [2.05, 4.69) is 0 Å². The second-order valence-electron chi connectivity index (χ2n) is 9.48. The maximum atomic E-state index is 14.2. The minimum atomic E-state index is -4.85. The van der Waals surface area contributed by atoms with Crippen LogP contribution in [0.1, 0.15) is 72.6 Å². The highest BCUT2D eigenvalue weighted by molar-refractivity contribution is 5.98. The van der Waals surface area contributed by atoms with E-state index in [1.165, 1.54) is 0 Å². The van der Waals surface area contributed by atoms with Gasteiger partial charge in [0.15, 0.2) is 5.78 Å². The molecule has 33 heavy (non-hydrogen) atoms. The van der Waals surface area contributed by atoms with Crippen LogP contribution in [0.4, 0.5) is 17.6 Å². The highest BCUT2D eigenvalue weighted by atomic mass is 19.4. The van der Waals surface area contributed by atoms with Crippen LogP contribution < -0.4 is 0 Å². The average Bonchev–Trinajstić information content (AvgIpc) is 2.62. The number of halogens is 4. The average molecular weight is 467 g/mol. The molecule has 1 unspecified atom stereocenters. The molecule has 0 amide bonds. The fourth-order valence-corrected chi connectivity index (χ4v) is 3.92. The van der Waals surface area contributed by atoms with Crippen LogP contribution in [0.15, 0.2) is 36.4 Å². The van der Waals surface area contributed by atoms with E-state index < -0.39 is 40.5 Å². The molecule has 3 nitrogen and oxygen atoms in total. The number of aryl methyl sites for hydroxylation is 2. The lowest BCUT2D eigenvalue weighted by molar-refractivity contribution is -0.156. The third kappa shape index (κ3) is 8.30. The van der Waals surface area contributed by atoms with Gasteiger partial charge in [0.05, 0.1) is 11.1 Å². The van der Waals surface area contributed by atoms with Gasteiger partial charge in [0.2, 0.25) is 0 Å². The maximum absolute atomic E-state index is 14.2. The summed E-state index contributed by atoms with van der Waals surface area (Å²) in [6.07, 6.45) is -4.60. The first-order chi connectivity index (χ1) is 15.2. The molecule has 2 aromatic carbocycles. The van der Waals surface area contributed by atoms with Gasteiger partial charge in [-0.2, -0.15) is 13.2 Å². The van der Waals surface area contributed by atoms with E-state index in [-0.39, 0.29) is 25.2 Å². The highest BCUT2D eigenvalue weighted by Crippen LogP contribution is 2.34. The van der Waals surface area contributed by atoms with Crippen molar-refractivity contribution in [1.82, 2.24) is 0 Å². The summed E-state index contributed by atoms with van der Waals surface area (Å²) in [5.41, 5.74) is 0.108. The molecule has 0 N–H and O–H groups in total. The minimum Gasteiger partial charge on any atom is -0.460 e. The van der Waals surface area contributed by atoms with Crippen molar-refractivity contribution in [3.63, 3.8) is 0 Å². The topological polar surface area (TPSA) is 43.4 Å². The van der Waals surface area contributed by atoms with E-state index in [0.29, 0.717) is 12.5 Å². The molecule has 180 valence electrons. The first-order valence-electron chi connectivity index (χ1n) is 10.8. The smallest absolute Gasteiger partial charge is 0.417 e. The van der Waals surface area contributed by atoms with Crippen molar-refractivity contribution < 1.29 is 31.9 Å². The van der Waals surface area contributed by atoms with E-state index in [1.807, 2.05) is 32.0 Å². The fourth-order valence-electron chi connectivity index (χ4n) is 3.92. The molecule has 0 radical (unpaired) electrons. The van der Waals surface area contributed by atoms with E-state index in [9.17, 15) is 27.2 Å². The Morgan fingerprint density at radius 1 is 1.00 bits per heavy atom. The number of alkyl halides is 3. The first-order valence-corrected chi connectivity index (χ1v) is 10.8. The minimum absolute atomic E-state index is 0.000932. The van der Waals surface area contributed by atoms with Crippen molar-refractivity contribution in [2.24, 2.45) is 5.92 Å². The van der Waals surface area contributed by atoms with Crippen molar-refractivity contribution in [2.45, 2.75) is 72.1 Å². The molecule has 2 rings (SSSR count). The quantitative estimate of drug-likeness (QED) is 0.239. The van der Waals surface area contributed by atoms with Gasteiger partial charge in [-0.3, -0.25) is 9.59 Å². The lowest BCUT2D eigenvalue weighted by Crippen LogP contribution is -2.26. The Labute approximate surface area is 192 Å². The Morgan fingerprint density at radius 3 is 2.15 bits per heavy atom. The SMILES string of the molecule is Cc1cc(C)cc(CC(CCC(=O)c2c(F)cccc2C(F)(F)F)CC(=O)OC(C)(C)C)c1. The molecule has 0 bridgehead atoms. The van der Waals surface area contributed by atoms with Crippen LogP contribution in [0.25, 0.3) is 0 Å². The van der Waals surface area contributed by atoms with Crippen molar-refractivity contribution in [3.05, 3.63) is 70.0 Å². The number of ether oxygens (including phenoxy) is 1. The first kappa shape index (κ1) is 26.6. The third-order valence-electron chi connectivity index (χ3n) is 5.06. The summed E-state index contributed by atoms with van der Waals surface area (Å²) in [6.45, 7) is 9.11. The van der Waals surface area contributed by atoms with Crippen LogP contribution in [0, 0.1) is 25.6 Å². The van der Waals surface area contributed by atoms with Crippen LogP contribution >= 0.6 is 0 Å². The number of carbonyl (C=O) groups excluding carboxylic acids is 2. The zero-order valence-corrected chi connectivity index (χ0v) is 19.6. The monoisotopic (exact) mass is 466 g/mol. The predicted molar refractivity (Wildman–Crippen MR) is 119 cm³/mol. The summed E-state index contributed by atoms with van der Waals surface area (Å²) >= 11 is 0. The summed E-state index contributed by atoms with van der Waals surface area (Å²) in [6, 6.07) is 8.42. The molecule has 2 aromatic rings. The molecule has 0 heterocycles. The number of ketones is 1. The van der Waals surface area contributed by atoms with E-state index >= 15 is 0 Å². The Kier molecular flexibility index (Phi) is 8.44. The van der Waals surface area contributed by atoms with Crippen LogP contribution in [0.5, 0.6) is 0 Å². The van der Waals surface area contributed by atoms with E-state index in [1.54, 1.807) is 20.8 Å². The van der Waals surface area contributed by atoms with E-state index in [0.717, 1.165) is 28.8 Å². The van der Waals surface area contributed by atoms with Gasteiger partial charge in [0.25, 0.3) is 0 Å². The Morgan fingerprint density at radius 2 is 1.61 bits per heavy atom. The van der Waals surface area contributed by atoms with E-state index in [4.69, 9.17) is 4.74 Å². The molecule has 1 atom stereocenters. The summed E-state index contributed by atoms with van der Waals surface area (Å²) in [7, 11) is 0. The summed E-state index contributed by atoms with van der Waals surface area (Å²) in [5, 5.41) is 0. The molecule has 0 aliphatic heterocycles. The van der Waals surface area contributed by atoms with Crippen LogP contribution in [0.2, 0.25) is 0 Å². The van der Waals surface area contributed by atoms with Gasteiger partial charge in [0, 0.05) is 12.8 Å². The molecular weight excluding hydrogens is 436 g/mol. The van der Waals surface area contributed by atoms with Crippen molar-refractivity contribution in [1.29, 1.82) is 0 Å². The van der Waals surface area contributed by atoms with Gasteiger partial charge in [-0.05, 0) is 71.1 Å². The number of benzene rings is 2. The van der Waals surface area contributed by atoms with Crippen molar-refractivity contribution in [2.75, 3.05) is 0 Å². The fraction of sp³-hybridized carbons (Fsp3) is 0.462. The molecule has 0 saturated heterocycles. The molecule has 0 aromatic heterocycles. The molecule has 0 saturated carbocycles. The molecule has 0 spiro atoms. The van der Waals surface area contributed by atoms with Gasteiger partial charge in [-0.15, -0.1) is 0 Å². The van der Waals surface area contributed by atoms with Gasteiger partial charge in [-0.1, -0.05) is 35.4 Å². The number of carbonyl (C=O) groups is 2. The van der Waals surface area contributed by atoms with Crippen LogP contribution in [0.3, 0.4) is 0 Å². The summed E-state index contributed by atoms with van der Waals surface area (Å²) in [4.78, 5) is 25.1. The second-order valence-corrected chi connectivity index (χ2v) is 9.48. The van der Waals surface area contributed by atoms with Crippen molar-refractivity contribution >= 4 is 11.8 Å². The number of hydrogen-bond acceptors (Lipinski definition) is 3. The normalized spacial score (nSPS) is 13.0. The highest BCUT2D eigenvalue weighted by Gasteiger charge is 2.36. The van der Waals surface area contributed by atoms with Gasteiger partial charge in [-0.25, -0.2) is 4.39 Å². The number of Topliss-reactive ketones (excluding diaryl/α,β-unsaturated/α-hetero) is 1. The lowest BCUT2D eigenvalue weighted by atomic mass is 9.88. The summed E-state index contributed by atoms with van der Waals surface area (Å²) < 4.78 is 59.5. The van der Waals surface area contributed by atoms with Gasteiger partial charge in [0.1, 0.15) is 11.4 Å². The zero-order chi connectivity index (χ0) is 25.0. The second kappa shape index (κ2) is 10.5. The molecule has 0 aliphatic rings. The predicted octanol–water partition coefficient (Wildman–Crippen LogP) is 7.01. The largest absolute Gasteiger partial charge is 0.460 e.